The minimum absolute atomic E-state index is 0.0953. The Morgan fingerprint density at radius 1 is 0.480 bits per heavy atom. The summed E-state index contributed by atoms with van der Waals surface area (Å²) >= 11 is 0.921. The molecule has 75 heavy (non-hydrogen) atoms. The number of thioether (sulfide) groups is 1. The molecule has 18 heteroatoms. The van der Waals surface area contributed by atoms with Crippen LogP contribution in [-0.4, -0.2) is 114 Å². The highest BCUT2D eigenvalue weighted by molar-refractivity contribution is 7.99. The fraction of sp³-hybridized carbons (Fsp3) is 0.263. The van der Waals surface area contributed by atoms with Crippen LogP contribution in [0.25, 0.3) is 11.1 Å². The number of hydrogen-bond acceptors (Lipinski definition) is 18. The summed E-state index contributed by atoms with van der Waals surface area (Å²) in [5.74, 6) is -5.17. The Morgan fingerprint density at radius 3 is 1.41 bits per heavy atom. The minimum Gasteiger partial charge on any atom is -0.459 e. The van der Waals surface area contributed by atoms with Crippen LogP contribution >= 0.6 is 11.8 Å². The Balaban J connectivity index is 1.08. The summed E-state index contributed by atoms with van der Waals surface area (Å²) in [6.07, 6.45) is -12.7. The van der Waals surface area contributed by atoms with E-state index in [1.807, 2.05) is 0 Å². The molecular formula is C57H49NO16S. The summed E-state index contributed by atoms with van der Waals surface area (Å²) in [6, 6.07) is 48.0. The molecule has 4 heterocycles. The summed E-state index contributed by atoms with van der Waals surface area (Å²) in [7, 11) is 0. The van der Waals surface area contributed by atoms with Crippen molar-refractivity contribution in [3.8, 4) is 0 Å². The van der Waals surface area contributed by atoms with E-state index in [1.54, 1.807) is 178 Å². The maximum atomic E-state index is 14.5. The molecule has 0 N–H and O–H groups in total. The van der Waals surface area contributed by atoms with Gasteiger partial charge in [-0.3, -0.25) is 0 Å². The lowest BCUT2D eigenvalue weighted by Gasteiger charge is -2.47. The topological polar surface area (TPSA) is 204 Å². The van der Waals surface area contributed by atoms with E-state index in [2.05, 4.69) is 4.98 Å². The smallest absolute Gasteiger partial charge is 0.338 e. The Bertz CT molecular complexity index is 3060. The molecule has 1 aromatic heterocycles. The lowest BCUT2D eigenvalue weighted by Crippen LogP contribution is -2.65. The third-order valence-corrected chi connectivity index (χ3v) is 13.3. The number of para-hydroxylation sites is 2. The monoisotopic (exact) mass is 1040 g/mol. The van der Waals surface area contributed by atoms with Crippen LogP contribution in [0, 0.1) is 0 Å². The number of esters is 5. The van der Waals surface area contributed by atoms with E-state index >= 15 is 0 Å². The SMILES string of the molecule is CC1(C)OC2C(COC(=O)c3ccccc3)OC(OC3C(COC(=O)c4ccccc4)OC(Sc4nc5ccccc5o4)C(OC(=O)c4ccccc4)C3OC(=O)c3ccccc3)C(OC(=O)c3ccccc3)C2O1. The Labute approximate surface area is 434 Å². The molecule has 384 valence electrons. The molecule has 6 aromatic carbocycles. The first-order chi connectivity index (χ1) is 36.5. The first kappa shape index (κ1) is 50.8. The maximum absolute atomic E-state index is 14.5. The van der Waals surface area contributed by atoms with Crippen molar-refractivity contribution >= 4 is 52.7 Å². The van der Waals surface area contributed by atoms with Crippen LogP contribution < -0.4 is 0 Å². The van der Waals surface area contributed by atoms with E-state index in [4.69, 9.17) is 51.8 Å². The van der Waals surface area contributed by atoms with Gasteiger partial charge in [0.15, 0.2) is 41.4 Å². The van der Waals surface area contributed by atoms with Crippen LogP contribution in [0.4, 0.5) is 0 Å². The highest BCUT2D eigenvalue weighted by Crippen LogP contribution is 2.43. The van der Waals surface area contributed by atoms with Gasteiger partial charge in [-0.1, -0.05) is 103 Å². The molecule has 3 aliphatic heterocycles. The molecule has 10 unspecified atom stereocenters. The predicted molar refractivity (Wildman–Crippen MR) is 266 cm³/mol. The molecule has 3 saturated heterocycles. The van der Waals surface area contributed by atoms with Gasteiger partial charge in [-0.05, 0) is 98.4 Å². The molecule has 0 radical (unpaired) electrons. The van der Waals surface area contributed by atoms with Gasteiger partial charge in [-0.2, -0.15) is 0 Å². The van der Waals surface area contributed by atoms with Crippen LogP contribution in [-0.2, 0) is 47.4 Å². The van der Waals surface area contributed by atoms with Gasteiger partial charge in [0.1, 0.15) is 49.3 Å². The zero-order valence-corrected chi connectivity index (χ0v) is 41.1. The second-order valence-electron chi connectivity index (χ2n) is 18.0. The molecule has 0 spiro atoms. The lowest BCUT2D eigenvalue weighted by atomic mass is 9.96. The standard InChI is InChI=1S/C57H49NO16S/c1-57(2)73-44-42(33-65-50(60)35-22-10-4-11-23-35)66-54(47(46(44)74-57)70-52(62)37-26-14-6-15-27-37)72-43-41(32-64-49(59)34-20-8-3-9-21-34)67-55(75-56-58-39-30-18-19-31-40(39)68-56)48(71-53(63)38-28-16-7-17-29-38)45(43)69-51(61)36-24-12-5-13-25-36/h3-31,41-48,54-55H,32-33H2,1-2H3. The zero-order valence-electron chi connectivity index (χ0n) is 40.3. The molecule has 3 aliphatic rings. The van der Waals surface area contributed by atoms with Crippen molar-refractivity contribution in [2.75, 3.05) is 13.2 Å². The number of ether oxygens (including phenoxy) is 10. The van der Waals surface area contributed by atoms with Crippen molar-refractivity contribution in [2.45, 2.75) is 85.4 Å². The molecule has 10 rings (SSSR count). The fourth-order valence-electron chi connectivity index (χ4n) is 8.82. The summed E-state index contributed by atoms with van der Waals surface area (Å²) < 4.78 is 70.6. The van der Waals surface area contributed by atoms with Gasteiger partial charge in [-0.15, -0.1) is 0 Å². The quantitative estimate of drug-likeness (QED) is 0.0656. The third kappa shape index (κ3) is 12.0. The number of carbonyl (C=O) groups excluding carboxylic acids is 5. The largest absolute Gasteiger partial charge is 0.459 e. The van der Waals surface area contributed by atoms with Gasteiger partial charge < -0.3 is 51.8 Å². The van der Waals surface area contributed by atoms with Gasteiger partial charge in [-0.25, -0.2) is 29.0 Å². The van der Waals surface area contributed by atoms with E-state index in [-0.39, 0.29) is 33.0 Å². The Morgan fingerprint density at radius 2 is 0.907 bits per heavy atom. The Kier molecular flexibility index (Phi) is 15.5. The first-order valence-electron chi connectivity index (χ1n) is 24.0. The van der Waals surface area contributed by atoms with Gasteiger partial charge in [0, 0.05) is 0 Å². The number of rotatable bonds is 16. The zero-order chi connectivity index (χ0) is 51.9. The van der Waals surface area contributed by atoms with Crippen molar-refractivity contribution in [3.63, 3.8) is 0 Å². The van der Waals surface area contributed by atoms with Gasteiger partial charge in [0.05, 0.1) is 27.8 Å². The number of carbonyl (C=O) groups is 5. The van der Waals surface area contributed by atoms with Crippen molar-refractivity contribution in [3.05, 3.63) is 204 Å². The van der Waals surface area contributed by atoms with Crippen molar-refractivity contribution in [1.29, 1.82) is 0 Å². The van der Waals surface area contributed by atoms with Crippen LogP contribution in [0.1, 0.15) is 65.6 Å². The molecule has 7 aromatic rings. The van der Waals surface area contributed by atoms with E-state index in [9.17, 15) is 24.0 Å². The van der Waals surface area contributed by atoms with Crippen LogP contribution in [0.2, 0.25) is 0 Å². The predicted octanol–water partition coefficient (Wildman–Crippen LogP) is 8.67. The summed E-state index contributed by atoms with van der Waals surface area (Å²) in [5, 5.41) is 0.0953. The van der Waals surface area contributed by atoms with Crippen LogP contribution in [0.3, 0.4) is 0 Å². The fourth-order valence-corrected chi connectivity index (χ4v) is 9.85. The molecular weight excluding hydrogens is 987 g/mol. The summed E-state index contributed by atoms with van der Waals surface area (Å²) in [4.78, 5) is 74.9. The first-order valence-corrected chi connectivity index (χ1v) is 24.9. The minimum atomic E-state index is -1.69. The van der Waals surface area contributed by atoms with Crippen molar-refractivity contribution in [2.24, 2.45) is 0 Å². The number of aromatic nitrogens is 1. The summed E-state index contributed by atoms with van der Waals surface area (Å²) in [6.45, 7) is 2.37. The number of hydrogen-bond donors (Lipinski definition) is 0. The van der Waals surface area contributed by atoms with E-state index in [1.165, 1.54) is 12.1 Å². The average Bonchev–Trinajstić information content (AvgIpc) is 4.02. The highest BCUT2D eigenvalue weighted by Gasteiger charge is 2.60. The molecule has 0 aliphatic carbocycles. The van der Waals surface area contributed by atoms with E-state index < -0.39 is 109 Å². The van der Waals surface area contributed by atoms with Crippen LogP contribution in [0.5, 0.6) is 0 Å². The molecule has 0 bridgehead atoms. The average molecular weight is 1040 g/mol. The van der Waals surface area contributed by atoms with Crippen molar-refractivity contribution < 1.29 is 75.8 Å². The normalized spacial score (nSPS) is 24.8. The number of benzene rings is 6. The highest BCUT2D eigenvalue weighted by atomic mass is 32.2. The Hall–Kier alpha value is -7.71. The van der Waals surface area contributed by atoms with Gasteiger partial charge in [0.2, 0.25) is 0 Å². The second-order valence-corrected chi connectivity index (χ2v) is 19.0. The third-order valence-electron chi connectivity index (χ3n) is 12.3. The molecule has 0 saturated carbocycles. The summed E-state index contributed by atoms with van der Waals surface area (Å²) in [5.41, 5.74) is 0.585. The number of fused-ring (bicyclic) bond motifs is 2. The van der Waals surface area contributed by atoms with Crippen LogP contribution in [0.15, 0.2) is 186 Å². The van der Waals surface area contributed by atoms with E-state index in [0.717, 1.165) is 11.8 Å². The second kappa shape index (κ2) is 22.8. The molecule has 3 fully saturated rings. The van der Waals surface area contributed by atoms with Gasteiger partial charge >= 0.3 is 29.8 Å². The number of nitrogens with zero attached hydrogens (tertiary/aromatic N) is 1. The lowest BCUT2D eigenvalue weighted by molar-refractivity contribution is -0.325. The molecule has 0 amide bonds. The molecule has 10 atom stereocenters. The van der Waals surface area contributed by atoms with Gasteiger partial charge in [0.25, 0.3) is 5.22 Å². The van der Waals surface area contributed by atoms with Crippen molar-refractivity contribution in [1.82, 2.24) is 4.98 Å². The maximum Gasteiger partial charge on any atom is 0.338 e. The van der Waals surface area contributed by atoms with E-state index in [0.29, 0.717) is 11.1 Å². The molecule has 17 nitrogen and oxygen atoms in total. The number of oxazole rings is 1.